The van der Waals surface area contributed by atoms with Gasteiger partial charge in [0.25, 0.3) is 5.91 Å². The van der Waals surface area contributed by atoms with Crippen LogP contribution in [-0.4, -0.2) is 49.6 Å². The third kappa shape index (κ3) is 7.38. The summed E-state index contributed by atoms with van der Waals surface area (Å²) in [6.45, 7) is 4.10. The Kier molecular flexibility index (Phi) is 9.82. The molecule has 1 aliphatic rings. The second kappa shape index (κ2) is 13.0. The lowest BCUT2D eigenvalue weighted by Crippen LogP contribution is -2.52. The van der Waals surface area contributed by atoms with E-state index < -0.39 is 6.04 Å². The van der Waals surface area contributed by atoms with E-state index in [4.69, 9.17) is 14.2 Å². The van der Waals surface area contributed by atoms with Crippen LogP contribution in [0.5, 0.6) is 17.2 Å². The van der Waals surface area contributed by atoms with E-state index in [0.29, 0.717) is 30.2 Å². The Morgan fingerprint density at radius 1 is 1.00 bits per heavy atom. The molecule has 35 heavy (non-hydrogen) atoms. The average molecular weight is 483 g/mol. The maximum Gasteiger partial charge on any atom is 0.261 e. The number of hydrogen-bond acceptors (Lipinski definition) is 5. The highest BCUT2D eigenvalue weighted by Crippen LogP contribution is 2.27. The summed E-state index contributed by atoms with van der Waals surface area (Å²) >= 11 is 0. The number of rotatable bonds is 11. The predicted molar refractivity (Wildman–Crippen MR) is 136 cm³/mol. The van der Waals surface area contributed by atoms with Crippen molar-refractivity contribution in [1.82, 2.24) is 10.2 Å². The first kappa shape index (κ1) is 26.4. The van der Waals surface area contributed by atoms with Gasteiger partial charge in [0, 0.05) is 30.8 Å². The number of ether oxygens (including phenoxy) is 3. The largest absolute Gasteiger partial charge is 0.496 e. The minimum Gasteiger partial charge on any atom is -0.496 e. The van der Waals surface area contributed by atoms with Gasteiger partial charge in [-0.05, 0) is 37.3 Å². The summed E-state index contributed by atoms with van der Waals surface area (Å²) in [5, 5.41) is 3.20. The molecule has 7 heteroatoms. The highest BCUT2D eigenvalue weighted by molar-refractivity contribution is 5.88. The van der Waals surface area contributed by atoms with E-state index in [0.717, 1.165) is 36.8 Å². The molecular formula is C28H38N2O5. The molecule has 0 aliphatic heterocycles. The zero-order valence-corrected chi connectivity index (χ0v) is 21.3. The van der Waals surface area contributed by atoms with Gasteiger partial charge in [0.2, 0.25) is 5.91 Å². The molecule has 0 saturated heterocycles. The van der Waals surface area contributed by atoms with E-state index in [-0.39, 0.29) is 24.5 Å². The molecule has 1 N–H and O–H groups in total. The molecule has 3 rings (SSSR count). The van der Waals surface area contributed by atoms with Gasteiger partial charge in [-0.25, -0.2) is 0 Å². The van der Waals surface area contributed by atoms with Crippen molar-refractivity contribution in [2.45, 2.75) is 71.0 Å². The molecular weight excluding hydrogens is 444 g/mol. The topological polar surface area (TPSA) is 77.1 Å². The number of nitrogens with zero attached hydrogens (tertiary/aromatic N) is 1. The predicted octanol–water partition coefficient (Wildman–Crippen LogP) is 4.65. The van der Waals surface area contributed by atoms with Gasteiger partial charge >= 0.3 is 0 Å². The molecule has 0 bridgehead atoms. The van der Waals surface area contributed by atoms with Crippen LogP contribution in [0, 0.1) is 6.92 Å². The molecule has 2 aromatic carbocycles. The summed E-state index contributed by atoms with van der Waals surface area (Å²) < 4.78 is 16.4. The van der Waals surface area contributed by atoms with Crippen molar-refractivity contribution in [3.05, 3.63) is 53.6 Å². The number of amides is 2. The Morgan fingerprint density at radius 2 is 1.63 bits per heavy atom. The van der Waals surface area contributed by atoms with Crippen molar-refractivity contribution in [1.29, 1.82) is 0 Å². The second-order valence-corrected chi connectivity index (χ2v) is 9.05. The summed E-state index contributed by atoms with van der Waals surface area (Å²) in [6, 6.07) is 12.7. The van der Waals surface area contributed by atoms with Crippen LogP contribution in [0.25, 0.3) is 0 Å². The van der Waals surface area contributed by atoms with Gasteiger partial charge in [-0.3, -0.25) is 9.59 Å². The highest BCUT2D eigenvalue weighted by Gasteiger charge is 2.30. The van der Waals surface area contributed by atoms with E-state index in [9.17, 15) is 9.59 Å². The molecule has 7 nitrogen and oxygen atoms in total. The fourth-order valence-corrected chi connectivity index (χ4v) is 4.53. The normalized spacial score (nSPS) is 14.6. The molecule has 1 aliphatic carbocycles. The molecule has 1 unspecified atom stereocenters. The zero-order valence-electron chi connectivity index (χ0n) is 21.3. The van der Waals surface area contributed by atoms with E-state index in [2.05, 4.69) is 5.32 Å². The van der Waals surface area contributed by atoms with Crippen molar-refractivity contribution in [2.75, 3.05) is 20.8 Å². The Bertz CT molecular complexity index is 965. The van der Waals surface area contributed by atoms with Crippen molar-refractivity contribution in [3.8, 4) is 17.2 Å². The molecule has 0 spiro atoms. The van der Waals surface area contributed by atoms with Crippen LogP contribution >= 0.6 is 0 Å². The van der Waals surface area contributed by atoms with Gasteiger partial charge in [-0.15, -0.1) is 0 Å². The van der Waals surface area contributed by atoms with Crippen LogP contribution in [0.2, 0.25) is 0 Å². The Morgan fingerprint density at radius 3 is 2.23 bits per heavy atom. The standard InChI is InChI=1S/C28H38N2O5/c1-5-26(28(32)29-22-13-7-6-8-14-22)30(18-21-12-10-9-11-20(21)2)27(31)19-35-25-16-23(33-3)15-24(17-25)34-4/h9-12,15-17,22,26H,5-8,13-14,18-19H2,1-4H3,(H,29,32). The highest BCUT2D eigenvalue weighted by atomic mass is 16.5. The lowest BCUT2D eigenvalue weighted by atomic mass is 9.95. The second-order valence-electron chi connectivity index (χ2n) is 9.05. The first-order chi connectivity index (χ1) is 16.9. The number of carbonyl (C=O) groups excluding carboxylic acids is 2. The van der Waals surface area contributed by atoms with Crippen molar-refractivity contribution >= 4 is 11.8 Å². The van der Waals surface area contributed by atoms with Crippen LogP contribution in [0.15, 0.2) is 42.5 Å². The first-order valence-electron chi connectivity index (χ1n) is 12.4. The van der Waals surface area contributed by atoms with Gasteiger partial charge in [0.05, 0.1) is 14.2 Å². The minimum atomic E-state index is -0.576. The number of hydrogen-bond donors (Lipinski definition) is 1. The number of carbonyl (C=O) groups is 2. The van der Waals surface area contributed by atoms with Gasteiger partial charge in [0.1, 0.15) is 23.3 Å². The number of aryl methyl sites for hydroxylation is 1. The maximum atomic E-state index is 13.5. The van der Waals surface area contributed by atoms with Crippen LogP contribution in [0.4, 0.5) is 0 Å². The SMILES string of the molecule is CCC(C(=O)NC1CCCCC1)N(Cc1ccccc1C)C(=O)COc1cc(OC)cc(OC)c1. The lowest BCUT2D eigenvalue weighted by Gasteiger charge is -2.33. The third-order valence-electron chi connectivity index (χ3n) is 6.63. The molecule has 1 saturated carbocycles. The van der Waals surface area contributed by atoms with E-state index in [1.54, 1.807) is 37.3 Å². The van der Waals surface area contributed by atoms with E-state index in [1.165, 1.54) is 6.42 Å². The summed E-state index contributed by atoms with van der Waals surface area (Å²) in [5.41, 5.74) is 2.08. The molecule has 2 amide bonds. The molecule has 1 atom stereocenters. The smallest absolute Gasteiger partial charge is 0.261 e. The third-order valence-corrected chi connectivity index (χ3v) is 6.63. The summed E-state index contributed by atoms with van der Waals surface area (Å²) in [6.07, 6.45) is 5.98. The van der Waals surface area contributed by atoms with Crippen LogP contribution in [-0.2, 0) is 16.1 Å². The summed E-state index contributed by atoms with van der Waals surface area (Å²) in [5.74, 6) is 1.26. The Labute approximate surface area is 208 Å². The van der Waals surface area contributed by atoms with Crippen molar-refractivity contribution < 1.29 is 23.8 Å². The molecule has 0 aromatic heterocycles. The van der Waals surface area contributed by atoms with Crippen molar-refractivity contribution in [3.63, 3.8) is 0 Å². The van der Waals surface area contributed by atoms with Crippen LogP contribution in [0.3, 0.4) is 0 Å². The number of nitrogens with one attached hydrogen (secondary N) is 1. The van der Waals surface area contributed by atoms with Crippen LogP contribution < -0.4 is 19.5 Å². The van der Waals surface area contributed by atoms with Gasteiger partial charge in [0.15, 0.2) is 6.61 Å². The quantitative estimate of drug-likeness (QED) is 0.505. The number of methoxy groups -OCH3 is 2. The fraction of sp³-hybridized carbons (Fsp3) is 0.500. The number of benzene rings is 2. The van der Waals surface area contributed by atoms with Crippen LogP contribution in [0.1, 0.15) is 56.6 Å². The van der Waals surface area contributed by atoms with E-state index >= 15 is 0 Å². The molecule has 0 heterocycles. The molecule has 1 fully saturated rings. The maximum absolute atomic E-state index is 13.5. The lowest BCUT2D eigenvalue weighted by molar-refractivity contribution is -0.143. The monoisotopic (exact) mass is 482 g/mol. The van der Waals surface area contributed by atoms with E-state index in [1.807, 2.05) is 38.1 Å². The van der Waals surface area contributed by atoms with Gasteiger partial charge in [-0.2, -0.15) is 0 Å². The zero-order chi connectivity index (χ0) is 25.2. The average Bonchev–Trinajstić information content (AvgIpc) is 2.88. The molecule has 2 aromatic rings. The summed E-state index contributed by atoms with van der Waals surface area (Å²) in [7, 11) is 3.12. The molecule has 190 valence electrons. The first-order valence-corrected chi connectivity index (χ1v) is 12.4. The fourth-order valence-electron chi connectivity index (χ4n) is 4.53. The Balaban J connectivity index is 1.79. The minimum absolute atomic E-state index is 0.0932. The van der Waals surface area contributed by atoms with Crippen molar-refractivity contribution in [2.24, 2.45) is 0 Å². The molecule has 0 radical (unpaired) electrons. The van der Waals surface area contributed by atoms with Gasteiger partial charge < -0.3 is 24.4 Å². The van der Waals surface area contributed by atoms with Gasteiger partial charge in [-0.1, -0.05) is 50.5 Å². The Hall–Kier alpha value is -3.22. The summed E-state index contributed by atoms with van der Waals surface area (Å²) in [4.78, 5) is 28.5.